The third kappa shape index (κ3) is 3.89. The van der Waals surface area contributed by atoms with Crippen LogP contribution in [0.4, 0.5) is 70.2 Å². The van der Waals surface area contributed by atoms with Crippen molar-refractivity contribution in [1.82, 2.24) is 0 Å². The number of carboxylic acids is 1. The molecule has 0 aliphatic heterocycles. The van der Waals surface area contributed by atoms with E-state index in [2.05, 4.69) is 6.58 Å². The normalized spacial score (nSPS) is 15.8. The van der Waals surface area contributed by atoms with Gasteiger partial charge in [0.05, 0.1) is 0 Å². The van der Waals surface area contributed by atoms with Gasteiger partial charge in [0.2, 0.25) is 0 Å². The SMILES string of the molecule is C=C(CC(F)(F)C(F)(F)C(F)(F)C(F)(F)C(F)(F)C(F)(F)C(F)(F)C(C)(F)F)C(=O)O. The molecule has 0 saturated carbocycles. The molecule has 0 aromatic carbocycles. The summed E-state index contributed by atoms with van der Waals surface area (Å²) in [6, 6.07) is 0. The van der Waals surface area contributed by atoms with E-state index in [0.29, 0.717) is 0 Å². The van der Waals surface area contributed by atoms with Crippen molar-refractivity contribution >= 4 is 5.97 Å². The largest absolute Gasteiger partial charge is 0.478 e. The zero-order chi connectivity index (χ0) is 25.9. The first kappa shape index (κ1) is 29.1. The second kappa shape index (κ2) is 7.31. The number of hydrogen-bond donors (Lipinski definition) is 1. The molecule has 184 valence electrons. The Morgan fingerprint density at radius 2 is 0.871 bits per heavy atom. The van der Waals surface area contributed by atoms with E-state index in [9.17, 15) is 75.0 Å². The Hall–Kier alpha value is -1.91. The number of carboxylic acid groups (broad SMARTS) is 1. The third-order valence-corrected chi connectivity index (χ3v) is 3.72. The Labute approximate surface area is 160 Å². The van der Waals surface area contributed by atoms with E-state index in [1.165, 1.54) is 0 Å². The number of carbonyl (C=O) groups is 1. The number of rotatable bonds is 10. The highest BCUT2D eigenvalue weighted by atomic mass is 19.4. The van der Waals surface area contributed by atoms with Crippen LogP contribution in [0.5, 0.6) is 0 Å². The van der Waals surface area contributed by atoms with Gasteiger partial charge in [0.1, 0.15) is 0 Å². The number of aliphatic carboxylic acids is 1. The molecule has 0 rings (SSSR count). The van der Waals surface area contributed by atoms with Crippen LogP contribution in [-0.2, 0) is 4.79 Å². The summed E-state index contributed by atoms with van der Waals surface area (Å²) in [5.74, 6) is -64.5. The van der Waals surface area contributed by atoms with Crippen LogP contribution in [0.15, 0.2) is 12.2 Å². The fraction of sp³-hybridized carbons (Fsp3) is 0.769. The summed E-state index contributed by atoms with van der Waals surface area (Å²) in [6.07, 6.45) is -3.12. The summed E-state index contributed by atoms with van der Waals surface area (Å²) in [6.45, 7) is 0.906. The van der Waals surface area contributed by atoms with Gasteiger partial charge in [-0.25, -0.2) is 4.79 Å². The average Bonchev–Trinajstić information content (AvgIpc) is 2.51. The fourth-order valence-electron chi connectivity index (χ4n) is 1.75. The highest BCUT2D eigenvalue weighted by molar-refractivity contribution is 5.85. The van der Waals surface area contributed by atoms with E-state index < -0.39 is 72.3 Å². The summed E-state index contributed by atoms with van der Waals surface area (Å²) in [5, 5.41) is 8.19. The molecule has 0 aromatic rings. The van der Waals surface area contributed by atoms with Gasteiger partial charge in [-0.1, -0.05) is 6.58 Å². The molecule has 0 bridgehead atoms. The standard InChI is InChI=1S/C13H8F16O2/c1-4(5(30)31)3-7(16,17)9(20,21)11(24,25)13(28,29)12(26,27)10(22,23)8(18,19)6(2,14)15/h1,3H2,2H3,(H,30,31). The Morgan fingerprint density at radius 1 is 0.613 bits per heavy atom. The maximum Gasteiger partial charge on any atom is 0.384 e. The molecular weight excluding hydrogens is 492 g/mol. The van der Waals surface area contributed by atoms with E-state index in [4.69, 9.17) is 5.11 Å². The quantitative estimate of drug-likeness (QED) is 0.290. The second-order valence-corrected chi connectivity index (χ2v) is 6.12. The summed E-state index contributed by atoms with van der Waals surface area (Å²) < 4.78 is 211. The van der Waals surface area contributed by atoms with Crippen LogP contribution in [-0.4, -0.2) is 58.5 Å². The lowest BCUT2D eigenvalue weighted by atomic mass is 9.86. The molecule has 0 aliphatic carbocycles. The Balaban J connectivity index is 6.69. The molecule has 31 heavy (non-hydrogen) atoms. The fourth-order valence-corrected chi connectivity index (χ4v) is 1.75. The van der Waals surface area contributed by atoms with Crippen molar-refractivity contribution in [2.75, 3.05) is 0 Å². The predicted octanol–water partition coefficient (Wildman–Crippen LogP) is 6.12. The van der Waals surface area contributed by atoms with Crippen LogP contribution >= 0.6 is 0 Å². The van der Waals surface area contributed by atoms with Crippen LogP contribution in [0.3, 0.4) is 0 Å². The molecule has 0 saturated heterocycles. The summed E-state index contributed by atoms with van der Waals surface area (Å²) in [5.41, 5.74) is -2.07. The first-order valence-electron chi connectivity index (χ1n) is 7.01. The average molecular weight is 500 g/mol. The van der Waals surface area contributed by atoms with Gasteiger partial charge in [-0.3, -0.25) is 0 Å². The minimum atomic E-state index is -8.52. The lowest BCUT2D eigenvalue weighted by molar-refractivity contribution is -0.452. The van der Waals surface area contributed by atoms with Crippen molar-refractivity contribution in [2.24, 2.45) is 0 Å². The van der Waals surface area contributed by atoms with Crippen molar-refractivity contribution < 1.29 is 80.1 Å². The Morgan fingerprint density at radius 3 is 1.13 bits per heavy atom. The van der Waals surface area contributed by atoms with Gasteiger partial charge in [0, 0.05) is 18.9 Å². The lowest BCUT2D eigenvalue weighted by Gasteiger charge is -2.43. The van der Waals surface area contributed by atoms with Gasteiger partial charge >= 0.3 is 53.3 Å². The van der Waals surface area contributed by atoms with Gasteiger partial charge in [0.25, 0.3) is 0 Å². The van der Waals surface area contributed by atoms with Crippen LogP contribution in [0.2, 0.25) is 0 Å². The first-order chi connectivity index (χ1) is 13.1. The predicted molar refractivity (Wildman–Crippen MR) is 66.6 cm³/mol. The molecule has 0 atom stereocenters. The first-order valence-corrected chi connectivity index (χ1v) is 7.01. The summed E-state index contributed by atoms with van der Waals surface area (Å²) in [4.78, 5) is 10.3. The zero-order valence-corrected chi connectivity index (χ0v) is 14.3. The van der Waals surface area contributed by atoms with Crippen LogP contribution in [0, 0.1) is 0 Å². The molecule has 0 aromatic heterocycles. The molecule has 0 aliphatic rings. The molecule has 18 heteroatoms. The summed E-state index contributed by atoms with van der Waals surface area (Å²) in [7, 11) is 0. The smallest absolute Gasteiger partial charge is 0.384 e. The monoisotopic (exact) mass is 500 g/mol. The Kier molecular flexibility index (Phi) is 6.86. The highest BCUT2D eigenvalue weighted by Gasteiger charge is 2.94. The molecule has 0 unspecified atom stereocenters. The maximum absolute atomic E-state index is 13.4. The van der Waals surface area contributed by atoms with Crippen molar-refractivity contribution in [3.05, 3.63) is 12.2 Å². The van der Waals surface area contributed by atoms with E-state index in [1.807, 2.05) is 0 Å². The summed E-state index contributed by atoms with van der Waals surface area (Å²) >= 11 is 0. The van der Waals surface area contributed by atoms with Crippen molar-refractivity contribution in [3.8, 4) is 0 Å². The number of halogens is 16. The topological polar surface area (TPSA) is 37.3 Å². The molecule has 0 amide bonds. The number of hydrogen-bond acceptors (Lipinski definition) is 1. The number of alkyl halides is 16. The zero-order valence-electron chi connectivity index (χ0n) is 14.3. The third-order valence-electron chi connectivity index (χ3n) is 3.72. The van der Waals surface area contributed by atoms with Gasteiger partial charge in [-0.15, -0.1) is 0 Å². The van der Waals surface area contributed by atoms with Gasteiger partial charge in [-0.2, -0.15) is 70.2 Å². The van der Waals surface area contributed by atoms with E-state index in [-0.39, 0.29) is 0 Å². The van der Waals surface area contributed by atoms with Crippen molar-refractivity contribution in [2.45, 2.75) is 60.7 Å². The molecule has 1 N–H and O–H groups in total. The van der Waals surface area contributed by atoms with Gasteiger partial charge in [-0.05, 0) is 0 Å². The molecule has 0 heterocycles. The van der Waals surface area contributed by atoms with Crippen LogP contribution in [0.1, 0.15) is 13.3 Å². The maximum atomic E-state index is 13.4. The van der Waals surface area contributed by atoms with Crippen LogP contribution < -0.4 is 0 Å². The van der Waals surface area contributed by atoms with Crippen molar-refractivity contribution in [1.29, 1.82) is 0 Å². The molecule has 0 fully saturated rings. The molecule has 0 radical (unpaired) electrons. The van der Waals surface area contributed by atoms with Crippen LogP contribution in [0.25, 0.3) is 0 Å². The van der Waals surface area contributed by atoms with E-state index in [0.717, 1.165) is 0 Å². The minimum Gasteiger partial charge on any atom is -0.478 e. The minimum absolute atomic E-state index is 1.24. The highest BCUT2D eigenvalue weighted by Crippen LogP contribution is 2.64. The van der Waals surface area contributed by atoms with Gasteiger partial charge in [0.15, 0.2) is 0 Å². The molecule has 0 spiro atoms. The van der Waals surface area contributed by atoms with E-state index >= 15 is 0 Å². The molecular formula is C13H8F16O2. The molecule has 2 nitrogen and oxygen atoms in total. The lowest BCUT2D eigenvalue weighted by Crippen LogP contribution is -2.74. The van der Waals surface area contributed by atoms with Gasteiger partial charge < -0.3 is 5.11 Å². The Bertz CT molecular complexity index is 718. The van der Waals surface area contributed by atoms with E-state index in [1.54, 1.807) is 0 Å². The van der Waals surface area contributed by atoms with Crippen molar-refractivity contribution in [3.63, 3.8) is 0 Å². The second-order valence-electron chi connectivity index (χ2n) is 6.12.